The molecule has 5 rings (SSSR count). The number of aromatic amines is 1. The Hall–Kier alpha value is -3.51. The number of methoxy groups -OCH3 is 1. The summed E-state index contributed by atoms with van der Waals surface area (Å²) in [4.78, 5) is 21.5. The predicted octanol–water partition coefficient (Wildman–Crippen LogP) is 6.40. The Morgan fingerprint density at radius 3 is 2.30 bits per heavy atom. The van der Waals surface area contributed by atoms with Crippen LogP contribution >= 0.6 is 11.8 Å². The molecule has 2 N–H and O–H groups in total. The normalized spacial score (nSPS) is 13.1. The predicted molar refractivity (Wildman–Crippen MR) is 150 cm³/mol. The molecule has 0 bridgehead atoms. The number of rotatable bonds is 12. The SMILES string of the molecule is COc1ccc(CCNC(=O)C2(CCCCCSc3ncc[nH]3)c3ccccc3-c3ccccc32)cc1. The van der Waals surface area contributed by atoms with Crippen molar-refractivity contribution >= 4 is 17.7 Å². The number of unbranched alkanes of at least 4 members (excludes halogenated alkanes) is 2. The number of hydrogen-bond donors (Lipinski definition) is 2. The van der Waals surface area contributed by atoms with Crippen LogP contribution in [0.4, 0.5) is 0 Å². The van der Waals surface area contributed by atoms with E-state index in [1.807, 2.05) is 18.3 Å². The number of H-pyrrole nitrogens is 1. The highest BCUT2D eigenvalue weighted by Gasteiger charge is 2.48. The number of fused-ring (bicyclic) bond motifs is 3. The second-order valence-electron chi connectivity index (χ2n) is 9.40. The number of carbonyl (C=O) groups excluding carboxylic acids is 1. The Bertz CT molecular complexity index is 1270. The van der Waals surface area contributed by atoms with Crippen LogP contribution < -0.4 is 10.1 Å². The van der Waals surface area contributed by atoms with E-state index >= 15 is 0 Å². The van der Waals surface area contributed by atoms with Crippen LogP contribution in [0.3, 0.4) is 0 Å². The summed E-state index contributed by atoms with van der Waals surface area (Å²) in [6.07, 6.45) is 8.35. The highest BCUT2D eigenvalue weighted by atomic mass is 32.2. The number of thioether (sulfide) groups is 1. The van der Waals surface area contributed by atoms with Crippen molar-refractivity contribution in [2.24, 2.45) is 0 Å². The van der Waals surface area contributed by atoms with Crippen molar-refractivity contribution in [1.29, 1.82) is 0 Å². The molecule has 0 saturated heterocycles. The number of nitrogens with one attached hydrogen (secondary N) is 2. The second-order valence-corrected chi connectivity index (χ2v) is 10.5. The third kappa shape index (κ3) is 5.30. The number of amides is 1. The van der Waals surface area contributed by atoms with Crippen molar-refractivity contribution in [3.63, 3.8) is 0 Å². The first-order valence-corrected chi connectivity index (χ1v) is 13.9. The molecule has 1 aromatic heterocycles. The lowest BCUT2D eigenvalue weighted by atomic mass is 9.73. The summed E-state index contributed by atoms with van der Waals surface area (Å²) in [5.74, 6) is 1.96. The van der Waals surface area contributed by atoms with Crippen molar-refractivity contribution in [3.8, 4) is 16.9 Å². The zero-order valence-corrected chi connectivity index (χ0v) is 22.0. The van der Waals surface area contributed by atoms with Crippen molar-refractivity contribution in [3.05, 3.63) is 102 Å². The van der Waals surface area contributed by atoms with E-state index in [2.05, 4.69) is 75.9 Å². The summed E-state index contributed by atoms with van der Waals surface area (Å²) in [5.41, 5.74) is 5.12. The summed E-state index contributed by atoms with van der Waals surface area (Å²) in [5, 5.41) is 4.27. The maximum absolute atomic E-state index is 14.1. The zero-order chi connectivity index (χ0) is 25.5. The van der Waals surface area contributed by atoms with Crippen molar-refractivity contribution in [2.45, 2.75) is 42.7 Å². The molecule has 1 aliphatic rings. The molecule has 1 aliphatic carbocycles. The summed E-state index contributed by atoms with van der Waals surface area (Å²) in [6, 6.07) is 24.9. The number of imidazole rings is 1. The number of nitrogens with zero attached hydrogens (tertiary/aromatic N) is 1. The van der Waals surface area contributed by atoms with Gasteiger partial charge in [0.05, 0.1) is 7.11 Å². The Morgan fingerprint density at radius 1 is 0.946 bits per heavy atom. The molecule has 0 radical (unpaired) electrons. The van der Waals surface area contributed by atoms with Gasteiger partial charge in [0.1, 0.15) is 11.2 Å². The maximum atomic E-state index is 14.1. The third-order valence-corrected chi connectivity index (χ3v) is 8.21. The molecule has 0 fully saturated rings. The molecule has 190 valence electrons. The molecule has 37 heavy (non-hydrogen) atoms. The average Bonchev–Trinajstić information content (AvgIpc) is 3.56. The van der Waals surface area contributed by atoms with Gasteiger partial charge < -0.3 is 15.0 Å². The van der Waals surface area contributed by atoms with Gasteiger partial charge in [-0.15, -0.1) is 0 Å². The monoisotopic (exact) mass is 511 g/mol. The minimum atomic E-state index is -0.665. The quantitative estimate of drug-likeness (QED) is 0.171. The van der Waals surface area contributed by atoms with Crippen LogP contribution in [0.25, 0.3) is 11.1 Å². The molecular formula is C31H33N3O2S. The van der Waals surface area contributed by atoms with Gasteiger partial charge in [0.25, 0.3) is 0 Å². The van der Waals surface area contributed by atoms with E-state index < -0.39 is 5.41 Å². The second kappa shape index (κ2) is 11.7. The molecule has 0 spiro atoms. The smallest absolute Gasteiger partial charge is 0.235 e. The molecule has 1 heterocycles. The van der Waals surface area contributed by atoms with E-state index in [-0.39, 0.29) is 5.91 Å². The van der Waals surface area contributed by atoms with Gasteiger partial charge in [0.15, 0.2) is 5.16 Å². The van der Waals surface area contributed by atoms with Crippen LogP contribution in [0.1, 0.15) is 42.4 Å². The molecule has 4 aromatic rings. The maximum Gasteiger partial charge on any atom is 0.235 e. The van der Waals surface area contributed by atoms with Crippen molar-refractivity contribution < 1.29 is 9.53 Å². The number of hydrogen-bond acceptors (Lipinski definition) is 4. The van der Waals surface area contributed by atoms with Crippen LogP contribution in [0.2, 0.25) is 0 Å². The molecule has 6 heteroatoms. The lowest BCUT2D eigenvalue weighted by Gasteiger charge is -2.31. The fourth-order valence-electron chi connectivity index (χ4n) is 5.38. The fraction of sp³-hybridized carbons (Fsp3) is 0.290. The summed E-state index contributed by atoms with van der Waals surface area (Å²) in [7, 11) is 1.67. The van der Waals surface area contributed by atoms with Crippen molar-refractivity contribution in [1.82, 2.24) is 15.3 Å². The van der Waals surface area contributed by atoms with Crippen LogP contribution in [-0.4, -0.2) is 35.3 Å². The standard InChI is InChI=1S/C31H33N3O2S/c1-36-24-15-13-23(14-16-24)17-19-32-29(35)31(18-7-2-8-22-37-30-33-20-21-34-30)27-11-5-3-9-25(27)26-10-4-6-12-28(26)31/h3-6,9-16,20-21H,2,7-8,17-19,22H2,1H3,(H,32,35)(H,33,34). The zero-order valence-electron chi connectivity index (χ0n) is 21.2. The van der Waals surface area contributed by atoms with Gasteiger partial charge in [-0.05, 0) is 59.2 Å². The fourth-order valence-corrected chi connectivity index (χ4v) is 6.21. The van der Waals surface area contributed by atoms with E-state index in [1.54, 1.807) is 25.1 Å². The molecular weight excluding hydrogens is 478 g/mol. The molecule has 0 saturated carbocycles. The van der Waals surface area contributed by atoms with E-state index in [1.165, 1.54) is 16.7 Å². The van der Waals surface area contributed by atoms with Crippen LogP contribution in [0.15, 0.2) is 90.3 Å². The van der Waals surface area contributed by atoms with Crippen LogP contribution in [0, 0.1) is 0 Å². The molecule has 0 aliphatic heterocycles. The van der Waals surface area contributed by atoms with Gasteiger partial charge >= 0.3 is 0 Å². The van der Waals surface area contributed by atoms with E-state index in [0.29, 0.717) is 6.54 Å². The van der Waals surface area contributed by atoms with E-state index in [4.69, 9.17) is 4.74 Å². The Kier molecular flexibility index (Phi) is 7.95. The molecule has 0 unspecified atom stereocenters. The first-order chi connectivity index (χ1) is 18.2. The Morgan fingerprint density at radius 2 is 1.65 bits per heavy atom. The van der Waals surface area contributed by atoms with Crippen molar-refractivity contribution in [2.75, 3.05) is 19.4 Å². The number of ether oxygens (including phenoxy) is 1. The van der Waals surface area contributed by atoms with Gasteiger partial charge in [-0.3, -0.25) is 4.79 Å². The first-order valence-electron chi connectivity index (χ1n) is 12.9. The average molecular weight is 512 g/mol. The molecule has 3 aromatic carbocycles. The molecule has 5 nitrogen and oxygen atoms in total. The lowest BCUT2D eigenvalue weighted by Crippen LogP contribution is -2.45. The Labute approximate surface area is 223 Å². The van der Waals surface area contributed by atoms with Gasteiger partial charge in [-0.1, -0.05) is 85.3 Å². The topological polar surface area (TPSA) is 67.0 Å². The highest BCUT2D eigenvalue weighted by molar-refractivity contribution is 7.99. The molecule has 0 atom stereocenters. The van der Waals surface area contributed by atoms with Crippen LogP contribution in [0.5, 0.6) is 5.75 Å². The minimum Gasteiger partial charge on any atom is -0.497 e. The van der Waals surface area contributed by atoms with Gasteiger partial charge in [-0.25, -0.2) is 4.98 Å². The van der Waals surface area contributed by atoms with Crippen LogP contribution in [-0.2, 0) is 16.6 Å². The van der Waals surface area contributed by atoms with E-state index in [0.717, 1.165) is 59.9 Å². The largest absolute Gasteiger partial charge is 0.497 e. The van der Waals surface area contributed by atoms with Gasteiger partial charge in [0.2, 0.25) is 5.91 Å². The lowest BCUT2D eigenvalue weighted by molar-refractivity contribution is -0.125. The first kappa shape index (κ1) is 25.2. The number of carbonyl (C=O) groups is 1. The highest BCUT2D eigenvalue weighted by Crippen LogP contribution is 2.51. The summed E-state index contributed by atoms with van der Waals surface area (Å²) < 4.78 is 5.26. The summed E-state index contributed by atoms with van der Waals surface area (Å²) in [6.45, 7) is 0.594. The number of aromatic nitrogens is 2. The summed E-state index contributed by atoms with van der Waals surface area (Å²) >= 11 is 1.75. The number of benzene rings is 3. The molecule has 1 amide bonds. The van der Waals surface area contributed by atoms with E-state index in [9.17, 15) is 4.79 Å². The minimum absolute atomic E-state index is 0.100. The third-order valence-electron chi connectivity index (χ3n) is 7.22. The van der Waals surface area contributed by atoms with Gasteiger partial charge in [0, 0.05) is 24.7 Å². The Balaban J connectivity index is 1.31. The van der Waals surface area contributed by atoms with Gasteiger partial charge in [-0.2, -0.15) is 0 Å².